The van der Waals surface area contributed by atoms with Crippen molar-refractivity contribution in [2.75, 3.05) is 13.2 Å². The van der Waals surface area contributed by atoms with Gasteiger partial charge in [-0.25, -0.2) is 4.39 Å². The van der Waals surface area contributed by atoms with Gasteiger partial charge in [0.25, 0.3) is 0 Å². The molecule has 2 nitrogen and oxygen atoms in total. The van der Waals surface area contributed by atoms with Crippen LogP contribution in [-0.2, 0) is 11.3 Å². The van der Waals surface area contributed by atoms with Crippen molar-refractivity contribution in [1.29, 1.82) is 0 Å². The van der Waals surface area contributed by atoms with E-state index in [1.807, 2.05) is 6.07 Å². The molecule has 1 atom stereocenters. The second-order valence-electron chi connectivity index (χ2n) is 4.49. The van der Waals surface area contributed by atoms with E-state index < -0.39 is 0 Å². The van der Waals surface area contributed by atoms with Gasteiger partial charge >= 0.3 is 0 Å². The predicted octanol–water partition coefficient (Wildman–Crippen LogP) is 2.86. The van der Waals surface area contributed by atoms with Crippen molar-refractivity contribution in [2.24, 2.45) is 0 Å². The molecule has 0 saturated carbocycles. The zero-order valence-corrected chi connectivity index (χ0v) is 10.8. The highest BCUT2D eigenvalue weighted by atomic mass is 79.9. The third-order valence-electron chi connectivity index (χ3n) is 2.86. The topological polar surface area (TPSA) is 21.3 Å². The Bertz CT molecular complexity index is 357. The van der Waals surface area contributed by atoms with Gasteiger partial charge in [-0.2, -0.15) is 0 Å². The Labute approximate surface area is 103 Å². The fourth-order valence-corrected chi connectivity index (χ4v) is 2.35. The summed E-state index contributed by atoms with van der Waals surface area (Å²) in [6.45, 7) is 4.32. The number of nitrogens with one attached hydrogen (secondary N) is 1. The summed E-state index contributed by atoms with van der Waals surface area (Å²) in [6, 6.07) is 4.94. The summed E-state index contributed by atoms with van der Waals surface area (Å²) in [5, 5.41) is 3.42. The highest BCUT2D eigenvalue weighted by Crippen LogP contribution is 2.19. The van der Waals surface area contributed by atoms with E-state index in [2.05, 4.69) is 28.2 Å². The Hall–Kier alpha value is -0.450. The molecule has 1 fully saturated rings. The zero-order valence-electron chi connectivity index (χ0n) is 9.22. The second kappa shape index (κ2) is 4.82. The van der Waals surface area contributed by atoms with Crippen LogP contribution in [0.25, 0.3) is 0 Å². The van der Waals surface area contributed by atoms with Gasteiger partial charge in [0.2, 0.25) is 0 Å². The van der Waals surface area contributed by atoms with Crippen LogP contribution >= 0.6 is 15.9 Å². The molecule has 1 heterocycles. The van der Waals surface area contributed by atoms with Gasteiger partial charge in [0, 0.05) is 23.2 Å². The van der Waals surface area contributed by atoms with Gasteiger partial charge in [-0.05, 0) is 37.1 Å². The van der Waals surface area contributed by atoms with Gasteiger partial charge in [0.15, 0.2) is 0 Å². The van der Waals surface area contributed by atoms with Crippen LogP contribution in [-0.4, -0.2) is 18.8 Å². The van der Waals surface area contributed by atoms with Gasteiger partial charge < -0.3 is 10.1 Å². The minimum absolute atomic E-state index is 0.0266. The Kier molecular flexibility index (Phi) is 3.62. The molecule has 1 saturated heterocycles. The average molecular weight is 288 g/mol. The van der Waals surface area contributed by atoms with E-state index in [0.717, 1.165) is 29.7 Å². The van der Waals surface area contributed by atoms with Gasteiger partial charge in [-0.1, -0.05) is 15.9 Å². The lowest BCUT2D eigenvalue weighted by molar-refractivity contribution is 0.171. The smallest absolute Gasteiger partial charge is 0.124 e. The van der Waals surface area contributed by atoms with Crippen molar-refractivity contribution >= 4 is 15.9 Å². The van der Waals surface area contributed by atoms with Crippen molar-refractivity contribution in [1.82, 2.24) is 5.32 Å². The number of rotatable bonds is 3. The molecule has 16 heavy (non-hydrogen) atoms. The fraction of sp³-hybridized carbons (Fsp3) is 0.500. The highest BCUT2D eigenvalue weighted by Gasteiger charge is 2.28. The Morgan fingerprint density at radius 3 is 2.94 bits per heavy atom. The summed E-state index contributed by atoms with van der Waals surface area (Å²) in [4.78, 5) is 0. The number of hydrogen-bond acceptors (Lipinski definition) is 2. The number of hydrogen-bond donors (Lipinski definition) is 1. The number of benzene rings is 1. The molecule has 1 aromatic rings. The van der Waals surface area contributed by atoms with Gasteiger partial charge in [0.05, 0.1) is 6.61 Å². The van der Waals surface area contributed by atoms with Gasteiger partial charge in [-0.3, -0.25) is 0 Å². The van der Waals surface area contributed by atoms with Crippen molar-refractivity contribution in [3.05, 3.63) is 34.1 Å². The first kappa shape index (κ1) is 12.0. The van der Waals surface area contributed by atoms with E-state index in [0.29, 0.717) is 6.54 Å². The maximum atomic E-state index is 13.1. The van der Waals surface area contributed by atoms with Crippen LogP contribution in [0.1, 0.15) is 18.9 Å². The van der Waals surface area contributed by atoms with E-state index in [1.165, 1.54) is 6.07 Å². The molecule has 0 radical (unpaired) electrons. The van der Waals surface area contributed by atoms with E-state index >= 15 is 0 Å². The van der Waals surface area contributed by atoms with Crippen LogP contribution in [0.15, 0.2) is 22.7 Å². The molecule has 0 spiro atoms. The van der Waals surface area contributed by atoms with Crippen LogP contribution in [0.5, 0.6) is 0 Å². The van der Waals surface area contributed by atoms with Crippen molar-refractivity contribution < 1.29 is 9.13 Å². The Balaban J connectivity index is 1.98. The largest absolute Gasteiger partial charge is 0.379 e. The summed E-state index contributed by atoms with van der Waals surface area (Å²) in [7, 11) is 0. The molecule has 1 N–H and O–H groups in total. The quantitative estimate of drug-likeness (QED) is 0.923. The minimum Gasteiger partial charge on any atom is -0.379 e. The Morgan fingerprint density at radius 1 is 1.50 bits per heavy atom. The van der Waals surface area contributed by atoms with Crippen LogP contribution in [0.2, 0.25) is 0 Å². The molecular weight excluding hydrogens is 273 g/mol. The standard InChI is InChI=1S/C12H15BrFNO/c1-12(2-3-16-8-12)15-7-9-4-10(13)6-11(14)5-9/h4-6,15H,2-3,7-8H2,1H3. The van der Waals surface area contributed by atoms with Gasteiger partial charge in [-0.15, -0.1) is 0 Å². The molecule has 88 valence electrons. The third kappa shape index (κ3) is 3.03. The molecule has 1 aliphatic rings. The molecule has 0 aromatic heterocycles. The number of halogens is 2. The predicted molar refractivity (Wildman–Crippen MR) is 64.8 cm³/mol. The van der Waals surface area contributed by atoms with Crippen LogP contribution in [0.4, 0.5) is 4.39 Å². The second-order valence-corrected chi connectivity index (χ2v) is 5.41. The molecule has 4 heteroatoms. The van der Waals surface area contributed by atoms with Gasteiger partial charge in [0.1, 0.15) is 5.82 Å². The maximum absolute atomic E-state index is 13.1. The van der Waals surface area contributed by atoms with Crippen molar-refractivity contribution in [3.8, 4) is 0 Å². The van der Waals surface area contributed by atoms with Crippen LogP contribution < -0.4 is 5.32 Å². The lowest BCUT2D eigenvalue weighted by Gasteiger charge is -2.23. The molecule has 0 amide bonds. The Morgan fingerprint density at radius 2 is 2.31 bits per heavy atom. The minimum atomic E-state index is -0.209. The van der Waals surface area contributed by atoms with E-state index in [-0.39, 0.29) is 11.4 Å². The lowest BCUT2D eigenvalue weighted by Crippen LogP contribution is -2.42. The molecule has 2 rings (SSSR count). The molecule has 1 unspecified atom stereocenters. The summed E-state index contributed by atoms with van der Waals surface area (Å²) in [5.41, 5.74) is 0.971. The first-order valence-corrected chi connectivity index (χ1v) is 6.14. The molecule has 0 aliphatic carbocycles. The monoisotopic (exact) mass is 287 g/mol. The normalized spacial score (nSPS) is 24.9. The summed E-state index contributed by atoms with van der Waals surface area (Å²) >= 11 is 3.29. The van der Waals surface area contributed by atoms with E-state index in [9.17, 15) is 4.39 Å². The third-order valence-corrected chi connectivity index (χ3v) is 3.32. The lowest BCUT2D eigenvalue weighted by atomic mass is 10.0. The number of ether oxygens (including phenoxy) is 1. The van der Waals surface area contributed by atoms with Crippen LogP contribution in [0, 0.1) is 5.82 Å². The molecule has 1 aromatic carbocycles. The molecular formula is C12H15BrFNO. The van der Waals surface area contributed by atoms with Crippen LogP contribution in [0.3, 0.4) is 0 Å². The highest BCUT2D eigenvalue weighted by molar-refractivity contribution is 9.10. The fourth-order valence-electron chi connectivity index (χ4n) is 1.83. The molecule has 0 bridgehead atoms. The zero-order chi connectivity index (χ0) is 11.6. The summed E-state index contributed by atoms with van der Waals surface area (Å²) in [6.07, 6.45) is 1.00. The maximum Gasteiger partial charge on any atom is 0.124 e. The van der Waals surface area contributed by atoms with E-state index in [1.54, 1.807) is 6.07 Å². The summed E-state index contributed by atoms with van der Waals surface area (Å²) in [5.74, 6) is -0.209. The van der Waals surface area contributed by atoms with Crippen molar-refractivity contribution in [2.45, 2.75) is 25.4 Å². The average Bonchev–Trinajstić information content (AvgIpc) is 2.62. The molecule has 1 aliphatic heterocycles. The first-order chi connectivity index (χ1) is 7.57. The SMILES string of the molecule is CC1(NCc2cc(F)cc(Br)c2)CCOC1. The first-order valence-electron chi connectivity index (χ1n) is 5.35. The van der Waals surface area contributed by atoms with E-state index in [4.69, 9.17) is 4.74 Å². The summed E-state index contributed by atoms with van der Waals surface area (Å²) < 4.78 is 19.3. The van der Waals surface area contributed by atoms with Crippen molar-refractivity contribution in [3.63, 3.8) is 0 Å².